The first-order valence-electron chi connectivity index (χ1n) is 11.7. The molecule has 3 aromatic carbocycles. The zero-order valence-electron chi connectivity index (χ0n) is 20.8. The number of benzene rings is 3. The topological polar surface area (TPSA) is 74.6 Å². The van der Waals surface area contributed by atoms with Crippen molar-refractivity contribution in [1.29, 1.82) is 0 Å². The van der Waals surface area contributed by atoms with E-state index in [0.29, 0.717) is 16.8 Å². The lowest BCUT2D eigenvalue weighted by atomic mass is 9.89. The molecular formula is C29H29NO5S. The van der Waals surface area contributed by atoms with Gasteiger partial charge in [0.2, 0.25) is 0 Å². The molecule has 4 aromatic rings. The number of carbonyl (C=O) groups is 1. The predicted molar refractivity (Wildman–Crippen MR) is 141 cm³/mol. The summed E-state index contributed by atoms with van der Waals surface area (Å²) >= 11 is 0. The van der Waals surface area contributed by atoms with Gasteiger partial charge in [0.25, 0.3) is 10.0 Å². The molecule has 0 aliphatic carbocycles. The molecule has 186 valence electrons. The van der Waals surface area contributed by atoms with Crippen LogP contribution in [0, 0.1) is 6.92 Å². The zero-order chi connectivity index (χ0) is 25.9. The van der Waals surface area contributed by atoms with Gasteiger partial charge in [-0.25, -0.2) is 17.2 Å². The first-order chi connectivity index (χ1) is 17.3. The predicted octanol–water partition coefficient (Wildman–Crippen LogP) is 5.84. The van der Waals surface area contributed by atoms with Crippen LogP contribution in [0.1, 0.15) is 36.5 Å². The minimum Gasteiger partial charge on any atom is -0.497 e. The molecule has 7 heteroatoms. The first kappa shape index (κ1) is 25.3. The van der Waals surface area contributed by atoms with Crippen molar-refractivity contribution in [3.63, 3.8) is 0 Å². The van der Waals surface area contributed by atoms with Gasteiger partial charge in [0, 0.05) is 23.1 Å². The number of aromatic nitrogens is 1. The largest absolute Gasteiger partial charge is 0.497 e. The Labute approximate surface area is 211 Å². The average Bonchev–Trinajstić information content (AvgIpc) is 3.28. The van der Waals surface area contributed by atoms with Gasteiger partial charge in [0.15, 0.2) is 0 Å². The summed E-state index contributed by atoms with van der Waals surface area (Å²) in [7, 11) is -2.26. The summed E-state index contributed by atoms with van der Waals surface area (Å²) in [6, 6.07) is 21.7. The number of hydrogen-bond acceptors (Lipinski definition) is 5. The minimum absolute atomic E-state index is 0.208. The molecule has 0 saturated carbocycles. The number of allylic oxidation sites excluding steroid dienone is 1. The molecule has 4 rings (SSSR count). The Morgan fingerprint density at radius 2 is 1.67 bits per heavy atom. The lowest BCUT2D eigenvalue weighted by Crippen LogP contribution is -2.12. The maximum atomic E-state index is 13.7. The number of hydrogen-bond donors (Lipinski definition) is 0. The number of methoxy groups -OCH3 is 1. The van der Waals surface area contributed by atoms with E-state index in [9.17, 15) is 13.2 Å². The number of carbonyl (C=O) groups excluding carboxylic acids is 1. The summed E-state index contributed by atoms with van der Waals surface area (Å²) < 4.78 is 39.2. The van der Waals surface area contributed by atoms with Gasteiger partial charge in [-0.2, -0.15) is 0 Å². The molecule has 0 radical (unpaired) electrons. The van der Waals surface area contributed by atoms with E-state index in [2.05, 4.69) is 0 Å². The molecule has 1 unspecified atom stereocenters. The quantitative estimate of drug-likeness (QED) is 0.223. The van der Waals surface area contributed by atoms with Crippen molar-refractivity contribution in [2.45, 2.75) is 31.6 Å². The van der Waals surface area contributed by atoms with Crippen LogP contribution in [0.15, 0.2) is 95.5 Å². The highest BCUT2D eigenvalue weighted by Gasteiger charge is 2.25. The number of aryl methyl sites for hydroxylation is 1. The van der Waals surface area contributed by atoms with E-state index < -0.39 is 21.9 Å². The van der Waals surface area contributed by atoms with Crippen LogP contribution in [0.3, 0.4) is 0 Å². The standard InChI is InChI=1S/C29H29NO5S/c1-5-35-29(31)21(3)18-26(22-12-14-23(34-4)15-13-22)27-19-30(28-9-7-6-8-25(27)28)36(32,33)24-16-10-20(2)11-17-24/h6-19,26H,5H2,1-4H3/b21-18-. The highest BCUT2D eigenvalue weighted by Crippen LogP contribution is 2.36. The van der Waals surface area contributed by atoms with Crippen molar-refractivity contribution in [3.05, 3.63) is 107 Å². The van der Waals surface area contributed by atoms with Crippen molar-refractivity contribution in [2.75, 3.05) is 13.7 Å². The fraction of sp³-hybridized carbons (Fsp3) is 0.207. The Bertz CT molecular complexity index is 1510. The van der Waals surface area contributed by atoms with Crippen LogP contribution < -0.4 is 4.74 Å². The summed E-state index contributed by atoms with van der Waals surface area (Å²) in [4.78, 5) is 12.7. The number of para-hydroxylation sites is 1. The maximum absolute atomic E-state index is 13.7. The molecule has 0 bridgehead atoms. The normalized spacial score (nSPS) is 12.9. The number of ether oxygens (including phenoxy) is 2. The molecule has 0 fully saturated rings. The number of rotatable bonds is 8. The van der Waals surface area contributed by atoms with Crippen LogP contribution in [0.2, 0.25) is 0 Å². The van der Waals surface area contributed by atoms with Gasteiger partial charge in [-0.3, -0.25) is 0 Å². The van der Waals surface area contributed by atoms with E-state index in [-0.39, 0.29) is 11.5 Å². The lowest BCUT2D eigenvalue weighted by Gasteiger charge is -2.15. The van der Waals surface area contributed by atoms with Crippen molar-refractivity contribution in [1.82, 2.24) is 3.97 Å². The third kappa shape index (κ3) is 4.93. The van der Waals surface area contributed by atoms with Crippen LogP contribution in [-0.2, 0) is 19.6 Å². The van der Waals surface area contributed by atoms with E-state index in [1.807, 2.05) is 55.5 Å². The summed E-state index contributed by atoms with van der Waals surface area (Å²) in [6.45, 7) is 5.65. The van der Waals surface area contributed by atoms with Crippen LogP contribution in [0.4, 0.5) is 0 Å². The van der Waals surface area contributed by atoms with Crippen molar-refractivity contribution in [3.8, 4) is 5.75 Å². The number of esters is 1. The highest BCUT2D eigenvalue weighted by molar-refractivity contribution is 7.90. The van der Waals surface area contributed by atoms with Gasteiger partial charge in [0.05, 0.1) is 24.1 Å². The van der Waals surface area contributed by atoms with Crippen molar-refractivity contribution < 1.29 is 22.7 Å². The van der Waals surface area contributed by atoms with Crippen LogP contribution in [0.25, 0.3) is 10.9 Å². The summed E-state index contributed by atoms with van der Waals surface area (Å²) in [5.74, 6) is -0.111. The van der Waals surface area contributed by atoms with Gasteiger partial charge in [-0.1, -0.05) is 54.1 Å². The molecular weight excluding hydrogens is 474 g/mol. The molecule has 1 aromatic heterocycles. The van der Waals surface area contributed by atoms with Gasteiger partial charge < -0.3 is 9.47 Å². The van der Waals surface area contributed by atoms with E-state index in [0.717, 1.165) is 22.1 Å². The molecule has 0 aliphatic heterocycles. The fourth-order valence-electron chi connectivity index (χ4n) is 4.19. The van der Waals surface area contributed by atoms with Gasteiger partial charge in [-0.05, 0) is 62.2 Å². The molecule has 0 saturated heterocycles. The fourth-order valence-corrected chi connectivity index (χ4v) is 5.56. The molecule has 36 heavy (non-hydrogen) atoms. The van der Waals surface area contributed by atoms with Crippen LogP contribution in [0.5, 0.6) is 5.75 Å². The third-order valence-corrected chi connectivity index (χ3v) is 7.80. The van der Waals surface area contributed by atoms with Crippen molar-refractivity contribution >= 4 is 26.9 Å². The first-order valence-corrected chi connectivity index (χ1v) is 13.1. The second-order valence-electron chi connectivity index (χ2n) is 8.54. The second kappa shape index (κ2) is 10.4. The Kier molecular flexibility index (Phi) is 7.31. The SMILES string of the molecule is CCOC(=O)/C(C)=C\C(c1ccc(OC)cc1)c1cn(S(=O)(=O)c2ccc(C)cc2)c2ccccc12. The third-order valence-electron chi connectivity index (χ3n) is 6.11. The number of fused-ring (bicyclic) bond motifs is 1. The molecule has 0 N–H and O–H groups in total. The molecule has 1 heterocycles. The second-order valence-corrected chi connectivity index (χ2v) is 10.4. The van der Waals surface area contributed by atoms with E-state index >= 15 is 0 Å². The summed E-state index contributed by atoms with van der Waals surface area (Å²) in [5, 5.41) is 0.780. The minimum atomic E-state index is -3.86. The highest BCUT2D eigenvalue weighted by atomic mass is 32.2. The summed E-state index contributed by atoms with van der Waals surface area (Å²) in [6.07, 6.45) is 3.48. The molecule has 0 amide bonds. The van der Waals surface area contributed by atoms with Gasteiger partial charge >= 0.3 is 5.97 Å². The van der Waals surface area contributed by atoms with Crippen LogP contribution >= 0.6 is 0 Å². The average molecular weight is 504 g/mol. The monoisotopic (exact) mass is 503 g/mol. The smallest absolute Gasteiger partial charge is 0.333 e. The Morgan fingerprint density at radius 1 is 1.00 bits per heavy atom. The lowest BCUT2D eigenvalue weighted by molar-refractivity contribution is -0.138. The Hall–Kier alpha value is -3.84. The van der Waals surface area contributed by atoms with E-state index in [1.165, 1.54) is 3.97 Å². The molecule has 1 atom stereocenters. The Morgan fingerprint density at radius 3 is 2.31 bits per heavy atom. The maximum Gasteiger partial charge on any atom is 0.333 e. The van der Waals surface area contributed by atoms with E-state index in [4.69, 9.17) is 9.47 Å². The van der Waals surface area contributed by atoms with E-state index in [1.54, 1.807) is 57.5 Å². The summed E-state index contributed by atoms with van der Waals surface area (Å²) in [5.41, 5.74) is 3.63. The van der Waals surface area contributed by atoms with Crippen LogP contribution in [-0.4, -0.2) is 32.1 Å². The molecule has 0 aliphatic rings. The van der Waals surface area contributed by atoms with Crippen molar-refractivity contribution in [2.24, 2.45) is 0 Å². The molecule has 6 nitrogen and oxygen atoms in total. The zero-order valence-corrected chi connectivity index (χ0v) is 21.6. The van der Waals surface area contributed by atoms with Gasteiger partial charge in [-0.15, -0.1) is 0 Å². The Balaban J connectivity index is 1.94. The number of nitrogens with zero attached hydrogens (tertiary/aromatic N) is 1. The van der Waals surface area contributed by atoms with Gasteiger partial charge in [0.1, 0.15) is 5.75 Å². The molecule has 0 spiro atoms.